The first-order valence-electron chi connectivity index (χ1n) is 9.91. The summed E-state index contributed by atoms with van der Waals surface area (Å²) in [5.74, 6) is -0.0728. The third kappa shape index (κ3) is 4.40. The van der Waals surface area contributed by atoms with Gasteiger partial charge in [-0.1, -0.05) is 60.7 Å². The van der Waals surface area contributed by atoms with Gasteiger partial charge in [0.2, 0.25) is 20.0 Å². The number of nitrogens with zero attached hydrogens (tertiary/aromatic N) is 2. The molecule has 6 nitrogen and oxygen atoms in total. The average Bonchev–Trinajstić information content (AvgIpc) is 2.84. The second-order valence-corrected chi connectivity index (χ2v) is 12.0. The Morgan fingerprint density at radius 3 is 2.10 bits per heavy atom. The Morgan fingerprint density at radius 2 is 1.45 bits per heavy atom. The molecule has 2 aromatic rings. The van der Waals surface area contributed by atoms with Gasteiger partial charge in [0.05, 0.1) is 11.0 Å². The zero-order chi connectivity index (χ0) is 20.5. The van der Waals surface area contributed by atoms with Gasteiger partial charge < -0.3 is 0 Å². The highest BCUT2D eigenvalue weighted by molar-refractivity contribution is 7.90. The van der Waals surface area contributed by atoms with Crippen molar-refractivity contribution in [1.82, 2.24) is 8.61 Å². The van der Waals surface area contributed by atoms with Gasteiger partial charge in [-0.25, -0.2) is 21.1 Å². The lowest BCUT2D eigenvalue weighted by molar-refractivity contribution is 0.363. The Kier molecular flexibility index (Phi) is 5.79. The number of benzene rings is 2. The number of rotatable bonds is 5. The van der Waals surface area contributed by atoms with Crippen LogP contribution in [0.25, 0.3) is 0 Å². The van der Waals surface area contributed by atoms with Crippen LogP contribution >= 0.6 is 0 Å². The molecule has 0 bridgehead atoms. The van der Waals surface area contributed by atoms with Crippen LogP contribution in [0.3, 0.4) is 0 Å². The Labute approximate surface area is 173 Å². The molecule has 0 N–H and O–H groups in total. The van der Waals surface area contributed by atoms with Gasteiger partial charge in [-0.2, -0.15) is 4.31 Å². The second-order valence-electron chi connectivity index (χ2n) is 7.84. The van der Waals surface area contributed by atoms with Gasteiger partial charge in [0.1, 0.15) is 0 Å². The molecule has 2 aliphatic heterocycles. The van der Waals surface area contributed by atoms with Crippen molar-refractivity contribution < 1.29 is 16.8 Å². The van der Waals surface area contributed by atoms with E-state index in [2.05, 4.69) is 0 Å². The molecule has 0 spiro atoms. The molecule has 2 aromatic carbocycles. The molecule has 156 valence electrons. The van der Waals surface area contributed by atoms with E-state index in [1.807, 2.05) is 48.5 Å². The predicted octanol–water partition coefficient (Wildman–Crippen LogP) is 2.44. The summed E-state index contributed by atoms with van der Waals surface area (Å²) in [7, 11) is -6.89. The number of hydrogen-bond donors (Lipinski definition) is 0. The van der Waals surface area contributed by atoms with Gasteiger partial charge in [-0.05, 0) is 29.9 Å². The molecule has 29 heavy (non-hydrogen) atoms. The molecule has 0 saturated carbocycles. The number of fused-ring (bicyclic) bond motifs is 1. The minimum atomic E-state index is -3.47. The van der Waals surface area contributed by atoms with Crippen molar-refractivity contribution >= 4 is 20.0 Å². The van der Waals surface area contributed by atoms with E-state index in [-0.39, 0.29) is 18.2 Å². The summed E-state index contributed by atoms with van der Waals surface area (Å²) in [5, 5.41) is -0.497. The molecule has 2 fully saturated rings. The molecular formula is C21H26N2O4S2. The molecule has 0 aliphatic carbocycles. The molecular weight excluding hydrogens is 408 g/mol. The molecule has 2 saturated heterocycles. The van der Waals surface area contributed by atoms with E-state index in [4.69, 9.17) is 0 Å². The lowest BCUT2D eigenvalue weighted by Gasteiger charge is -2.22. The maximum Gasteiger partial charge on any atom is 0.218 e. The third-order valence-electron chi connectivity index (χ3n) is 5.91. The lowest BCUT2D eigenvalue weighted by atomic mass is 10.0. The topological polar surface area (TPSA) is 74.8 Å². The van der Waals surface area contributed by atoms with E-state index in [0.717, 1.165) is 11.1 Å². The van der Waals surface area contributed by atoms with Gasteiger partial charge in [0.25, 0.3) is 0 Å². The first-order chi connectivity index (χ1) is 13.9. The van der Waals surface area contributed by atoms with Crippen LogP contribution in [0.15, 0.2) is 60.7 Å². The molecule has 0 amide bonds. The minimum Gasteiger partial charge on any atom is -0.212 e. The number of hydrogen-bond acceptors (Lipinski definition) is 4. The Balaban J connectivity index is 1.45. The normalized spacial score (nSPS) is 25.4. The monoisotopic (exact) mass is 434 g/mol. The SMILES string of the molecule is O=S(=O)(Cc1ccccc1)N1CC[C@@H]2CN(Cc3ccccc3)S(=O)(=O)[C@@H]2CC1. The van der Waals surface area contributed by atoms with Crippen LogP contribution in [0.1, 0.15) is 24.0 Å². The molecule has 0 unspecified atom stereocenters. The van der Waals surface area contributed by atoms with E-state index in [9.17, 15) is 16.8 Å². The quantitative estimate of drug-likeness (QED) is 0.724. The van der Waals surface area contributed by atoms with E-state index in [1.165, 1.54) is 4.31 Å². The van der Waals surface area contributed by atoms with Gasteiger partial charge >= 0.3 is 0 Å². The zero-order valence-corrected chi connectivity index (χ0v) is 17.9. The van der Waals surface area contributed by atoms with Crippen molar-refractivity contribution in [2.75, 3.05) is 19.6 Å². The Bertz CT molecular complexity index is 1040. The van der Waals surface area contributed by atoms with Crippen molar-refractivity contribution in [2.24, 2.45) is 5.92 Å². The summed E-state index contributed by atoms with van der Waals surface area (Å²) in [6.07, 6.45) is 0.926. The van der Waals surface area contributed by atoms with Crippen LogP contribution < -0.4 is 0 Å². The smallest absolute Gasteiger partial charge is 0.212 e. The van der Waals surface area contributed by atoms with Crippen molar-refractivity contribution in [1.29, 1.82) is 0 Å². The maximum absolute atomic E-state index is 13.1. The van der Waals surface area contributed by atoms with E-state index >= 15 is 0 Å². The third-order valence-corrected chi connectivity index (χ3v) is 10.1. The van der Waals surface area contributed by atoms with E-state index in [1.54, 1.807) is 16.4 Å². The average molecular weight is 435 g/mol. The number of sulfonamides is 2. The molecule has 2 aliphatic rings. The summed E-state index contributed by atoms with van der Waals surface area (Å²) in [6.45, 7) is 1.49. The fourth-order valence-electron chi connectivity index (χ4n) is 4.37. The molecule has 0 radical (unpaired) electrons. The van der Waals surface area contributed by atoms with Crippen molar-refractivity contribution in [3.63, 3.8) is 0 Å². The molecule has 4 rings (SSSR count). The van der Waals surface area contributed by atoms with Crippen LogP contribution in [-0.2, 0) is 32.3 Å². The van der Waals surface area contributed by atoms with Crippen molar-refractivity contribution in [3.8, 4) is 0 Å². The van der Waals surface area contributed by atoms with Crippen molar-refractivity contribution in [3.05, 3.63) is 71.8 Å². The van der Waals surface area contributed by atoms with Crippen LogP contribution in [0, 0.1) is 5.92 Å². The fourth-order valence-corrected chi connectivity index (χ4v) is 8.15. The molecule has 8 heteroatoms. The van der Waals surface area contributed by atoms with E-state index < -0.39 is 25.3 Å². The molecule has 2 atom stereocenters. The van der Waals surface area contributed by atoms with Crippen LogP contribution in [0.4, 0.5) is 0 Å². The van der Waals surface area contributed by atoms with Gasteiger partial charge in [-0.15, -0.1) is 0 Å². The predicted molar refractivity (Wildman–Crippen MR) is 113 cm³/mol. The van der Waals surface area contributed by atoms with Crippen LogP contribution in [-0.4, -0.2) is 50.3 Å². The van der Waals surface area contributed by atoms with Crippen LogP contribution in [0.2, 0.25) is 0 Å². The summed E-state index contributed by atoms with van der Waals surface area (Å²) < 4.78 is 55.0. The zero-order valence-electron chi connectivity index (χ0n) is 16.2. The van der Waals surface area contributed by atoms with Gasteiger partial charge in [0, 0.05) is 26.2 Å². The lowest BCUT2D eigenvalue weighted by Crippen LogP contribution is -2.35. The van der Waals surface area contributed by atoms with Crippen LogP contribution in [0.5, 0.6) is 0 Å². The first kappa shape index (κ1) is 20.5. The first-order valence-corrected chi connectivity index (χ1v) is 13.0. The summed E-state index contributed by atoms with van der Waals surface area (Å²) >= 11 is 0. The maximum atomic E-state index is 13.1. The summed E-state index contributed by atoms with van der Waals surface area (Å²) in [5.41, 5.74) is 1.72. The van der Waals surface area contributed by atoms with Gasteiger partial charge in [0.15, 0.2) is 0 Å². The molecule has 2 heterocycles. The highest BCUT2D eigenvalue weighted by Crippen LogP contribution is 2.36. The molecule has 0 aromatic heterocycles. The summed E-state index contributed by atoms with van der Waals surface area (Å²) in [6, 6.07) is 18.7. The Hall–Kier alpha value is -1.74. The van der Waals surface area contributed by atoms with Gasteiger partial charge in [-0.3, -0.25) is 0 Å². The standard InChI is InChI=1S/C21H26N2O4S2/c24-28(25,17-19-9-5-2-6-10-19)22-13-11-20-16-23(15-18-7-3-1-4-8-18)29(26,27)21(20)12-14-22/h1-10,20-21H,11-17H2/t20-,21-/m1/s1. The largest absolute Gasteiger partial charge is 0.218 e. The minimum absolute atomic E-state index is 0.0272. The fraction of sp³-hybridized carbons (Fsp3) is 0.429. The Morgan fingerprint density at radius 1 is 0.862 bits per heavy atom. The highest BCUT2D eigenvalue weighted by Gasteiger charge is 2.47. The van der Waals surface area contributed by atoms with E-state index in [0.29, 0.717) is 32.5 Å². The van der Waals surface area contributed by atoms with Crippen molar-refractivity contribution in [2.45, 2.75) is 30.4 Å². The second kappa shape index (κ2) is 8.18. The highest BCUT2D eigenvalue weighted by atomic mass is 32.2. The summed E-state index contributed by atoms with van der Waals surface area (Å²) in [4.78, 5) is 0.